The Morgan fingerprint density at radius 1 is 1.22 bits per heavy atom. The van der Waals surface area contributed by atoms with E-state index < -0.39 is 12.0 Å². The van der Waals surface area contributed by atoms with Gasteiger partial charge in [0.1, 0.15) is 12.1 Å². The summed E-state index contributed by atoms with van der Waals surface area (Å²) in [6.45, 7) is 1.87. The van der Waals surface area contributed by atoms with Gasteiger partial charge < -0.3 is 10.6 Å². The average Bonchev–Trinajstić information content (AvgIpc) is 3.11. The van der Waals surface area contributed by atoms with Crippen LogP contribution in [0.15, 0.2) is 54.9 Å². The molecule has 0 unspecified atom stereocenters. The van der Waals surface area contributed by atoms with E-state index in [0.29, 0.717) is 22.2 Å². The first-order valence-electron chi connectivity index (χ1n) is 8.51. The van der Waals surface area contributed by atoms with Gasteiger partial charge in [0.2, 0.25) is 11.9 Å². The van der Waals surface area contributed by atoms with Gasteiger partial charge in [-0.2, -0.15) is 10.1 Å². The van der Waals surface area contributed by atoms with Crippen molar-refractivity contribution in [1.82, 2.24) is 14.8 Å². The fraction of sp³-hybridized carbons (Fsp3) is 0.211. The Hall–Kier alpha value is -2.93. The Balaban J connectivity index is 1.73. The lowest BCUT2D eigenvalue weighted by Gasteiger charge is -2.36. The molecule has 0 bridgehead atoms. The smallest absolute Gasteiger partial charge is 0.232 e. The molecule has 3 aromatic rings. The van der Waals surface area contributed by atoms with Gasteiger partial charge in [0.25, 0.3) is 0 Å². The minimum absolute atomic E-state index is 0.244. The minimum Gasteiger partial charge on any atom is -0.351 e. The van der Waals surface area contributed by atoms with Crippen molar-refractivity contribution >= 4 is 29.1 Å². The second kappa shape index (κ2) is 7.00. The topological polar surface area (TPSA) is 71.8 Å². The van der Waals surface area contributed by atoms with Crippen molar-refractivity contribution in [2.24, 2.45) is 5.92 Å². The highest BCUT2D eigenvalue weighted by Gasteiger charge is 2.42. The van der Waals surface area contributed by atoms with Crippen LogP contribution in [-0.4, -0.2) is 26.7 Å². The van der Waals surface area contributed by atoms with Gasteiger partial charge in [-0.1, -0.05) is 29.8 Å². The zero-order chi connectivity index (χ0) is 19.0. The molecule has 1 aliphatic rings. The molecule has 0 radical (unpaired) electrons. The molecule has 0 spiro atoms. The van der Waals surface area contributed by atoms with Crippen molar-refractivity contribution in [1.29, 1.82) is 0 Å². The number of hydrogen-bond donors (Lipinski definition) is 2. The van der Waals surface area contributed by atoms with Crippen LogP contribution < -0.4 is 10.6 Å². The molecule has 3 atom stereocenters. The van der Waals surface area contributed by atoms with Crippen molar-refractivity contribution in [3.8, 4) is 0 Å². The second-order valence-corrected chi connectivity index (χ2v) is 6.89. The third kappa shape index (κ3) is 3.26. The monoisotopic (exact) mass is 385 g/mol. The van der Waals surface area contributed by atoms with E-state index in [-0.39, 0.29) is 17.8 Å². The summed E-state index contributed by atoms with van der Waals surface area (Å²) in [5.74, 6) is -0.729. The number of halogens is 2. The summed E-state index contributed by atoms with van der Waals surface area (Å²) in [7, 11) is 0. The molecule has 27 heavy (non-hydrogen) atoms. The van der Waals surface area contributed by atoms with Crippen LogP contribution in [0, 0.1) is 11.7 Å². The number of hydrogen-bond acceptors (Lipinski definition) is 4. The first kappa shape index (κ1) is 17.5. The molecule has 0 fully saturated rings. The van der Waals surface area contributed by atoms with Gasteiger partial charge in [-0.15, -0.1) is 0 Å². The van der Waals surface area contributed by atoms with E-state index in [1.165, 1.54) is 12.4 Å². The predicted octanol–water partition coefficient (Wildman–Crippen LogP) is 3.73. The SMILES string of the molecule is C[C@@H]1Nc2ncnn2[C@H](c2ccccc2F)[C@H]1C(=O)Nc1ccc(Cl)cc1. The molecule has 0 saturated heterocycles. The van der Waals surface area contributed by atoms with Gasteiger partial charge in [-0.25, -0.2) is 9.07 Å². The van der Waals surface area contributed by atoms with Crippen molar-refractivity contribution in [2.45, 2.75) is 19.0 Å². The Morgan fingerprint density at radius 2 is 1.96 bits per heavy atom. The highest BCUT2D eigenvalue weighted by atomic mass is 35.5. The normalized spacial score (nSPS) is 21.2. The predicted molar refractivity (Wildman–Crippen MR) is 101 cm³/mol. The number of fused-ring (bicyclic) bond motifs is 1. The number of carbonyl (C=O) groups is 1. The van der Waals surface area contributed by atoms with Crippen LogP contribution in [0.5, 0.6) is 0 Å². The summed E-state index contributed by atoms with van der Waals surface area (Å²) in [6, 6.07) is 12.4. The van der Waals surface area contributed by atoms with E-state index in [0.717, 1.165) is 0 Å². The van der Waals surface area contributed by atoms with Gasteiger partial charge in [0, 0.05) is 22.3 Å². The summed E-state index contributed by atoms with van der Waals surface area (Å²) >= 11 is 5.90. The molecule has 4 rings (SSSR count). The summed E-state index contributed by atoms with van der Waals surface area (Å²) in [4.78, 5) is 17.3. The molecule has 1 aliphatic heterocycles. The molecule has 138 valence electrons. The molecular formula is C19H17ClFN5O. The maximum absolute atomic E-state index is 14.6. The minimum atomic E-state index is -0.618. The molecule has 6 nitrogen and oxygen atoms in total. The Kier molecular flexibility index (Phi) is 4.53. The number of anilines is 2. The van der Waals surface area contributed by atoms with E-state index in [9.17, 15) is 9.18 Å². The van der Waals surface area contributed by atoms with Crippen LogP contribution in [0.3, 0.4) is 0 Å². The molecule has 2 heterocycles. The van der Waals surface area contributed by atoms with E-state index in [1.54, 1.807) is 47.1 Å². The number of aromatic nitrogens is 3. The van der Waals surface area contributed by atoms with Crippen molar-refractivity contribution < 1.29 is 9.18 Å². The van der Waals surface area contributed by atoms with Crippen LogP contribution in [0.1, 0.15) is 18.5 Å². The van der Waals surface area contributed by atoms with E-state index in [4.69, 9.17) is 11.6 Å². The van der Waals surface area contributed by atoms with Gasteiger partial charge in [-0.3, -0.25) is 4.79 Å². The molecule has 0 saturated carbocycles. The third-order valence-corrected chi connectivity index (χ3v) is 4.96. The fourth-order valence-corrected chi connectivity index (χ4v) is 3.57. The van der Waals surface area contributed by atoms with Crippen LogP contribution in [0.2, 0.25) is 5.02 Å². The van der Waals surface area contributed by atoms with Gasteiger partial charge >= 0.3 is 0 Å². The highest BCUT2D eigenvalue weighted by Crippen LogP contribution is 2.37. The average molecular weight is 386 g/mol. The summed E-state index contributed by atoms with van der Waals surface area (Å²) in [5, 5.41) is 10.9. The number of benzene rings is 2. The van der Waals surface area contributed by atoms with Crippen molar-refractivity contribution in [3.63, 3.8) is 0 Å². The molecule has 0 aliphatic carbocycles. The highest BCUT2D eigenvalue weighted by molar-refractivity contribution is 6.30. The Bertz CT molecular complexity index is 974. The quantitative estimate of drug-likeness (QED) is 0.720. The first-order chi connectivity index (χ1) is 13.0. The number of carbonyl (C=O) groups excluding carboxylic acids is 1. The van der Waals surface area contributed by atoms with Crippen molar-refractivity contribution in [2.75, 3.05) is 10.6 Å². The zero-order valence-corrected chi connectivity index (χ0v) is 15.2. The first-order valence-corrected chi connectivity index (χ1v) is 8.89. The third-order valence-electron chi connectivity index (χ3n) is 4.71. The fourth-order valence-electron chi connectivity index (χ4n) is 3.45. The number of nitrogens with zero attached hydrogens (tertiary/aromatic N) is 3. The van der Waals surface area contributed by atoms with E-state index in [2.05, 4.69) is 20.7 Å². The molecular weight excluding hydrogens is 369 g/mol. The maximum Gasteiger partial charge on any atom is 0.232 e. The van der Waals surface area contributed by atoms with Crippen LogP contribution in [0.4, 0.5) is 16.0 Å². The Labute approximate surface area is 160 Å². The van der Waals surface area contributed by atoms with E-state index in [1.807, 2.05) is 6.92 Å². The number of rotatable bonds is 3. The number of amides is 1. The van der Waals surface area contributed by atoms with Gasteiger partial charge in [0.05, 0.1) is 12.0 Å². The molecule has 8 heteroatoms. The molecule has 1 amide bonds. The lowest BCUT2D eigenvalue weighted by Crippen LogP contribution is -2.46. The lowest BCUT2D eigenvalue weighted by molar-refractivity contribution is -0.121. The molecule has 2 N–H and O–H groups in total. The largest absolute Gasteiger partial charge is 0.351 e. The summed E-state index contributed by atoms with van der Waals surface area (Å²) in [5.41, 5.74) is 1.02. The lowest BCUT2D eigenvalue weighted by atomic mass is 9.85. The van der Waals surface area contributed by atoms with Crippen LogP contribution in [-0.2, 0) is 4.79 Å². The zero-order valence-electron chi connectivity index (χ0n) is 14.4. The second-order valence-electron chi connectivity index (χ2n) is 6.45. The summed E-state index contributed by atoms with van der Waals surface area (Å²) < 4.78 is 16.1. The number of nitrogens with one attached hydrogen (secondary N) is 2. The Morgan fingerprint density at radius 3 is 2.70 bits per heavy atom. The molecule has 2 aromatic carbocycles. The van der Waals surface area contributed by atoms with Crippen LogP contribution in [0.25, 0.3) is 0 Å². The summed E-state index contributed by atoms with van der Waals surface area (Å²) in [6.07, 6.45) is 1.39. The maximum atomic E-state index is 14.6. The van der Waals surface area contributed by atoms with E-state index >= 15 is 0 Å². The standard InChI is InChI=1S/C19H17ClFN5O/c1-11-16(18(27)25-13-8-6-12(20)7-9-13)17(14-4-2-3-5-15(14)21)26-19(24-11)22-10-23-26/h2-11,16-17H,1H3,(H,25,27)(H,22,23,24)/t11-,16-,17+/m0/s1. The van der Waals surface area contributed by atoms with Gasteiger partial charge in [0.15, 0.2) is 0 Å². The van der Waals surface area contributed by atoms with Gasteiger partial charge in [-0.05, 0) is 37.3 Å². The van der Waals surface area contributed by atoms with Crippen molar-refractivity contribution in [3.05, 3.63) is 71.3 Å². The molecule has 1 aromatic heterocycles. The van der Waals surface area contributed by atoms with Crippen LogP contribution >= 0.6 is 11.6 Å².